The molecule has 0 atom stereocenters. The lowest BCUT2D eigenvalue weighted by Gasteiger charge is -2.12. The van der Waals surface area contributed by atoms with Gasteiger partial charge in [0.05, 0.1) is 0 Å². The minimum absolute atomic E-state index is 0.0491. The minimum Gasteiger partial charge on any atom is -0.330 e. The molecule has 58 valence electrons. The Morgan fingerprint density at radius 2 is 1.80 bits per heavy atom. The fourth-order valence-corrected chi connectivity index (χ4v) is 0.617. The maximum Gasteiger partial charge on any atom is 0.437 e. The molecule has 10 heavy (non-hydrogen) atoms. The fraction of sp³-hybridized carbons (Fsp3) is 1.00. The van der Waals surface area contributed by atoms with Crippen LogP contribution in [0.15, 0.2) is 10.2 Å². The quantitative estimate of drug-likeness (QED) is 0.633. The summed E-state index contributed by atoms with van der Waals surface area (Å²) in [5.74, 6) is 0. The number of nitrogens with two attached hydrogens (primary N) is 1. The van der Waals surface area contributed by atoms with Crippen LogP contribution in [0.25, 0.3) is 0 Å². The van der Waals surface area contributed by atoms with Crippen molar-refractivity contribution >= 4 is 0 Å². The van der Waals surface area contributed by atoms with Crippen LogP contribution in [0.4, 0.5) is 13.2 Å². The van der Waals surface area contributed by atoms with Gasteiger partial charge in [0, 0.05) is 6.42 Å². The van der Waals surface area contributed by atoms with E-state index in [1.165, 1.54) is 0 Å². The Hall–Kier alpha value is -0.650. The summed E-state index contributed by atoms with van der Waals surface area (Å²) < 4.78 is 35.5. The molecule has 0 saturated heterocycles. The monoisotopic (exact) mass is 153 g/mol. The van der Waals surface area contributed by atoms with Crippen LogP contribution in [0.3, 0.4) is 0 Å². The van der Waals surface area contributed by atoms with Crippen molar-refractivity contribution in [3.8, 4) is 0 Å². The molecule has 2 N–H and O–H groups in total. The summed E-state index contributed by atoms with van der Waals surface area (Å²) in [7, 11) is 0. The van der Waals surface area contributed by atoms with E-state index in [1.54, 1.807) is 0 Å². The van der Waals surface area contributed by atoms with Gasteiger partial charge in [-0.2, -0.15) is 13.2 Å². The molecule has 0 saturated carbocycles. The first-order valence-electron chi connectivity index (χ1n) is 2.73. The second kappa shape index (κ2) is 1.91. The molecule has 1 heterocycles. The number of hydrogen-bond donors (Lipinski definition) is 1. The molecule has 0 aliphatic carbocycles. The first-order chi connectivity index (χ1) is 4.52. The number of hydrogen-bond acceptors (Lipinski definition) is 3. The van der Waals surface area contributed by atoms with Crippen molar-refractivity contribution in [1.82, 2.24) is 0 Å². The van der Waals surface area contributed by atoms with Gasteiger partial charge in [0.25, 0.3) is 5.66 Å². The molecule has 0 fully saturated rings. The second-order valence-electron chi connectivity index (χ2n) is 2.05. The molecule has 0 aromatic carbocycles. The van der Waals surface area contributed by atoms with E-state index in [0.29, 0.717) is 0 Å². The highest BCUT2D eigenvalue weighted by Gasteiger charge is 2.62. The Morgan fingerprint density at radius 1 is 1.30 bits per heavy atom. The molecule has 0 radical (unpaired) electrons. The molecule has 0 spiro atoms. The van der Waals surface area contributed by atoms with Crippen LogP contribution >= 0.6 is 0 Å². The fourth-order valence-electron chi connectivity index (χ4n) is 0.617. The molecule has 0 aromatic rings. The van der Waals surface area contributed by atoms with E-state index >= 15 is 0 Å². The van der Waals surface area contributed by atoms with Gasteiger partial charge >= 0.3 is 6.18 Å². The van der Waals surface area contributed by atoms with Crippen molar-refractivity contribution in [2.75, 3.05) is 6.54 Å². The average Bonchev–Trinajstić information content (AvgIpc) is 2.45. The third kappa shape index (κ3) is 0.985. The van der Waals surface area contributed by atoms with Gasteiger partial charge in [-0.3, -0.25) is 0 Å². The smallest absolute Gasteiger partial charge is 0.330 e. The highest BCUT2D eigenvalue weighted by atomic mass is 19.4. The Morgan fingerprint density at radius 3 is 1.90 bits per heavy atom. The lowest BCUT2D eigenvalue weighted by atomic mass is 10.1. The Balaban J connectivity index is 2.53. The maximum absolute atomic E-state index is 11.8. The van der Waals surface area contributed by atoms with Gasteiger partial charge in [-0.1, -0.05) is 0 Å². The van der Waals surface area contributed by atoms with Gasteiger partial charge in [0.1, 0.15) is 0 Å². The van der Waals surface area contributed by atoms with Crippen LogP contribution in [-0.4, -0.2) is 18.4 Å². The molecule has 1 rings (SSSR count). The van der Waals surface area contributed by atoms with E-state index in [1.807, 2.05) is 0 Å². The number of halogens is 3. The summed E-state index contributed by atoms with van der Waals surface area (Å²) in [5, 5.41) is 5.83. The molecule has 0 bridgehead atoms. The normalized spacial score (nSPS) is 21.2. The van der Waals surface area contributed by atoms with Crippen molar-refractivity contribution in [3.63, 3.8) is 0 Å². The van der Waals surface area contributed by atoms with Crippen LogP contribution in [0, 0.1) is 0 Å². The third-order valence-electron chi connectivity index (χ3n) is 1.29. The van der Waals surface area contributed by atoms with E-state index in [2.05, 4.69) is 10.2 Å². The number of rotatable bonds is 2. The van der Waals surface area contributed by atoms with Crippen molar-refractivity contribution in [2.45, 2.75) is 18.3 Å². The Labute approximate surface area is 55.1 Å². The summed E-state index contributed by atoms with van der Waals surface area (Å²) in [6, 6.07) is 0. The minimum atomic E-state index is -4.35. The zero-order valence-corrected chi connectivity index (χ0v) is 5.02. The first kappa shape index (κ1) is 7.46. The molecule has 0 amide bonds. The third-order valence-corrected chi connectivity index (χ3v) is 1.29. The highest BCUT2D eigenvalue weighted by Crippen LogP contribution is 2.46. The molecular weight excluding hydrogens is 147 g/mol. The van der Waals surface area contributed by atoms with E-state index in [9.17, 15) is 13.2 Å². The zero-order chi connectivity index (χ0) is 7.83. The molecular formula is C4H6F3N3. The van der Waals surface area contributed by atoms with Gasteiger partial charge in [-0.05, 0) is 6.54 Å². The van der Waals surface area contributed by atoms with Crippen molar-refractivity contribution in [2.24, 2.45) is 16.0 Å². The summed E-state index contributed by atoms with van der Waals surface area (Å²) >= 11 is 0. The molecule has 0 unspecified atom stereocenters. The second-order valence-corrected chi connectivity index (χ2v) is 2.05. The van der Waals surface area contributed by atoms with Gasteiger partial charge in [0.2, 0.25) is 0 Å². The van der Waals surface area contributed by atoms with Crippen LogP contribution in [0.2, 0.25) is 0 Å². The van der Waals surface area contributed by atoms with Crippen molar-refractivity contribution < 1.29 is 13.2 Å². The molecule has 1 aliphatic heterocycles. The SMILES string of the molecule is NCCC1(C(F)(F)F)N=N1. The van der Waals surface area contributed by atoms with Crippen LogP contribution in [0.1, 0.15) is 6.42 Å². The van der Waals surface area contributed by atoms with Crippen LogP contribution < -0.4 is 5.73 Å². The summed E-state index contributed by atoms with van der Waals surface area (Å²) in [5.41, 5.74) is 2.79. The van der Waals surface area contributed by atoms with E-state index in [-0.39, 0.29) is 13.0 Å². The molecule has 3 nitrogen and oxygen atoms in total. The number of alkyl halides is 3. The average molecular weight is 153 g/mol. The summed E-state index contributed by atoms with van der Waals surface area (Å²) in [6.07, 6.45) is -4.59. The standard InChI is InChI=1S/C4H6F3N3/c5-4(6,7)3(1-2-8)9-10-3/h1-2,8H2. The van der Waals surface area contributed by atoms with E-state index < -0.39 is 11.8 Å². The Bertz CT molecular complexity index is 156. The van der Waals surface area contributed by atoms with Gasteiger partial charge in [-0.25, -0.2) is 0 Å². The van der Waals surface area contributed by atoms with Gasteiger partial charge in [-0.15, -0.1) is 10.2 Å². The molecule has 1 aliphatic rings. The first-order valence-corrected chi connectivity index (χ1v) is 2.73. The summed E-state index contributed by atoms with van der Waals surface area (Å²) in [4.78, 5) is 0. The van der Waals surface area contributed by atoms with E-state index in [4.69, 9.17) is 5.73 Å². The molecule has 0 aromatic heterocycles. The highest BCUT2D eigenvalue weighted by molar-refractivity contribution is 5.00. The van der Waals surface area contributed by atoms with E-state index in [0.717, 1.165) is 0 Å². The zero-order valence-electron chi connectivity index (χ0n) is 5.02. The van der Waals surface area contributed by atoms with Gasteiger partial charge < -0.3 is 5.73 Å². The predicted molar refractivity (Wildman–Crippen MR) is 27.3 cm³/mol. The van der Waals surface area contributed by atoms with Crippen LogP contribution in [0.5, 0.6) is 0 Å². The lowest BCUT2D eigenvalue weighted by molar-refractivity contribution is -0.164. The largest absolute Gasteiger partial charge is 0.437 e. The lowest BCUT2D eigenvalue weighted by Crippen LogP contribution is -2.34. The predicted octanol–water partition coefficient (Wildman–Crippen LogP) is 1.06. The van der Waals surface area contributed by atoms with Crippen LogP contribution in [-0.2, 0) is 0 Å². The maximum atomic E-state index is 11.8. The molecule has 6 heteroatoms. The van der Waals surface area contributed by atoms with Gasteiger partial charge in [0.15, 0.2) is 0 Å². The Kier molecular flexibility index (Phi) is 1.43. The topological polar surface area (TPSA) is 50.7 Å². The summed E-state index contributed by atoms with van der Waals surface area (Å²) in [6.45, 7) is -0.0491. The number of nitrogens with zero attached hydrogens (tertiary/aromatic N) is 2. The van der Waals surface area contributed by atoms with Crippen molar-refractivity contribution in [3.05, 3.63) is 0 Å². The van der Waals surface area contributed by atoms with Crippen molar-refractivity contribution in [1.29, 1.82) is 0 Å².